The molecule has 0 unspecified atom stereocenters. The lowest BCUT2D eigenvalue weighted by Crippen LogP contribution is -2.09. The Morgan fingerprint density at radius 1 is 0.586 bits per heavy atom. The van der Waals surface area contributed by atoms with E-state index >= 15 is 0 Å². The first-order chi connectivity index (χ1) is 13.4. The van der Waals surface area contributed by atoms with Crippen LogP contribution in [0.2, 0.25) is 0 Å². The Hall–Kier alpha value is -3.05. The molecule has 0 aliphatic rings. The number of rotatable bonds is 4. The van der Waals surface area contributed by atoms with Crippen LogP contribution in [0.15, 0.2) is 16.8 Å². The third-order valence-corrected chi connectivity index (χ3v) is 3.43. The maximum absolute atomic E-state index is 13.6. The van der Waals surface area contributed by atoms with E-state index in [4.69, 9.17) is 0 Å². The Labute approximate surface area is 156 Å². The van der Waals surface area contributed by atoms with E-state index in [9.17, 15) is 43.9 Å². The van der Waals surface area contributed by atoms with Crippen LogP contribution in [0.3, 0.4) is 0 Å². The monoisotopic (exact) mass is 430 g/mol. The summed E-state index contributed by atoms with van der Waals surface area (Å²) in [4.78, 5) is 3.20. The molecule has 0 spiro atoms. The molecule has 1 N–H and O–H groups in total. The topological polar surface area (TPSA) is 24.4 Å². The van der Waals surface area contributed by atoms with Crippen molar-refractivity contribution in [3.63, 3.8) is 0 Å². The second-order valence-corrected chi connectivity index (χ2v) is 5.57. The van der Waals surface area contributed by atoms with Crippen molar-refractivity contribution in [2.75, 3.05) is 5.32 Å². The quantitative estimate of drug-likeness (QED) is 0.266. The fraction of sp³-hybridized carbons (Fsp3) is 0.118. The van der Waals surface area contributed by atoms with Crippen LogP contribution in [0.4, 0.5) is 55.3 Å². The third kappa shape index (κ3) is 4.05. The first kappa shape index (κ1) is 22.2. The van der Waals surface area contributed by atoms with Crippen molar-refractivity contribution < 1.29 is 43.9 Å². The van der Waals surface area contributed by atoms with E-state index in [-0.39, 0.29) is 5.70 Å². The van der Waals surface area contributed by atoms with Gasteiger partial charge in [-0.1, -0.05) is 0 Å². The molecule has 0 aliphatic heterocycles. The molecule has 0 saturated heterocycles. The third-order valence-electron chi connectivity index (χ3n) is 3.43. The number of nitrogens with zero attached hydrogens (tertiary/aromatic N) is 1. The van der Waals surface area contributed by atoms with E-state index in [0.29, 0.717) is 0 Å². The smallest absolute Gasteiger partial charge is 0.200 e. The number of benzene rings is 2. The summed E-state index contributed by atoms with van der Waals surface area (Å²) in [5, 5.41) is 1.85. The number of anilines is 1. The van der Waals surface area contributed by atoms with Crippen molar-refractivity contribution in [1.82, 2.24) is 0 Å². The molecule has 0 aromatic heterocycles. The van der Waals surface area contributed by atoms with Crippen molar-refractivity contribution in [1.29, 1.82) is 0 Å². The van der Waals surface area contributed by atoms with Gasteiger partial charge in [-0.3, -0.25) is 0 Å². The molecule has 2 nitrogen and oxygen atoms in total. The number of nitrogens with one attached hydrogen (secondary N) is 1. The number of aliphatic imine (C=N–C) groups is 1. The molecule has 29 heavy (non-hydrogen) atoms. The Bertz CT molecular complexity index is 1000. The molecule has 12 heteroatoms. The lowest BCUT2D eigenvalue weighted by Gasteiger charge is -2.11. The Kier molecular flexibility index (Phi) is 6.24. The minimum Gasteiger partial charge on any atom is -0.354 e. The van der Waals surface area contributed by atoms with Gasteiger partial charge in [-0.05, 0) is 19.9 Å². The highest BCUT2D eigenvalue weighted by Gasteiger charge is 2.27. The molecule has 0 radical (unpaired) electrons. The first-order valence-corrected chi connectivity index (χ1v) is 7.41. The van der Waals surface area contributed by atoms with Gasteiger partial charge in [0.05, 0.1) is 0 Å². The normalized spacial score (nSPS) is 12.6. The van der Waals surface area contributed by atoms with Gasteiger partial charge in [-0.2, -0.15) is 0 Å². The van der Waals surface area contributed by atoms with Crippen LogP contribution in [0.1, 0.15) is 13.8 Å². The van der Waals surface area contributed by atoms with Gasteiger partial charge >= 0.3 is 0 Å². The molecular weight excluding hydrogens is 422 g/mol. The standard InChI is InChI=1S/C17H8F10N2/c1-4(28-16-12(24)8(20)6(18)9(21)13(16)25)3-5(2)29-17-14(26)10(22)7(19)11(23)15(17)27/h3,28H,1-2H3. The number of allylic oxidation sites excluding steroid dienone is 2. The Morgan fingerprint density at radius 3 is 1.34 bits per heavy atom. The van der Waals surface area contributed by atoms with Gasteiger partial charge in [-0.15, -0.1) is 0 Å². The van der Waals surface area contributed by atoms with E-state index in [0.717, 1.165) is 19.9 Å². The molecule has 0 saturated carbocycles. The van der Waals surface area contributed by atoms with Crippen molar-refractivity contribution in [2.45, 2.75) is 13.8 Å². The van der Waals surface area contributed by atoms with E-state index in [1.165, 1.54) is 0 Å². The van der Waals surface area contributed by atoms with Crippen molar-refractivity contribution in [3.05, 3.63) is 69.9 Å². The fourth-order valence-electron chi connectivity index (χ4n) is 2.16. The SMILES string of the molecule is CC(=CC(C)=Nc1c(F)c(F)c(F)c(F)c1F)Nc1c(F)c(F)c(F)c(F)c1F. The van der Waals surface area contributed by atoms with Gasteiger partial charge in [0.2, 0.25) is 11.6 Å². The molecule has 0 bridgehead atoms. The molecule has 0 amide bonds. The molecule has 0 heterocycles. The highest BCUT2D eigenvalue weighted by atomic mass is 19.2. The zero-order chi connectivity index (χ0) is 22.2. The summed E-state index contributed by atoms with van der Waals surface area (Å²) in [5.41, 5.74) is -3.71. The van der Waals surface area contributed by atoms with Crippen molar-refractivity contribution >= 4 is 17.1 Å². The van der Waals surface area contributed by atoms with Crippen LogP contribution in [-0.4, -0.2) is 5.71 Å². The van der Waals surface area contributed by atoms with Gasteiger partial charge in [0.15, 0.2) is 46.5 Å². The van der Waals surface area contributed by atoms with Crippen molar-refractivity contribution in [2.24, 2.45) is 4.99 Å². The second kappa shape index (κ2) is 8.13. The van der Waals surface area contributed by atoms with Gasteiger partial charge in [0.25, 0.3) is 0 Å². The van der Waals surface area contributed by atoms with E-state index in [1.54, 1.807) is 0 Å². The van der Waals surface area contributed by atoms with Gasteiger partial charge in [-0.25, -0.2) is 48.9 Å². The highest BCUT2D eigenvalue weighted by molar-refractivity contribution is 5.95. The van der Waals surface area contributed by atoms with Crippen LogP contribution in [0.25, 0.3) is 0 Å². The van der Waals surface area contributed by atoms with E-state index in [1.807, 2.05) is 5.32 Å². The average Bonchev–Trinajstić information content (AvgIpc) is 2.68. The average molecular weight is 430 g/mol. The van der Waals surface area contributed by atoms with Gasteiger partial charge in [0.1, 0.15) is 11.4 Å². The van der Waals surface area contributed by atoms with Crippen molar-refractivity contribution in [3.8, 4) is 0 Å². The van der Waals surface area contributed by atoms with Crippen LogP contribution < -0.4 is 5.32 Å². The largest absolute Gasteiger partial charge is 0.354 e. The summed E-state index contributed by atoms with van der Waals surface area (Å²) < 4.78 is 133. The second-order valence-electron chi connectivity index (χ2n) is 5.57. The molecule has 2 aromatic carbocycles. The lowest BCUT2D eigenvalue weighted by atomic mass is 10.2. The molecule has 0 fully saturated rings. The number of hydrogen-bond acceptors (Lipinski definition) is 2. The minimum atomic E-state index is -2.39. The summed E-state index contributed by atoms with van der Waals surface area (Å²) in [6.45, 7) is 2.07. The molecular formula is C17H8F10N2. The van der Waals surface area contributed by atoms with Crippen LogP contribution >= 0.6 is 0 Å². The Morgan fingerprint density at radius 2 is 0.931 bits per heavy atom. The summed E-state index contributed by atoms with van der Waals surface area (Å²) in [6, 6.07) is 0. The van der Waals surface area contributed by atoms with E-state index < -0.39 is 75.3 Å². The number of halogens is 10. The van der Waals surface area contributed by atoms with Crippen LogP contribution in [-0.2, 0) is 0 Å². The predicted molar refractivity (Wildman–Crippen MR) is 82.6 cm³/mol. The van der Waals surface area contributed by atoms with Crippen LogP contribution in [0.5, 0.6) is 0 Å². The highest BCUT2D eigenvalue weighted by Crippen LogP contribution is 2.30. The Balaban J connectivity index is 2.45. The maximum Gasteiger partial charge on any atom is 0.200 e. The zero-order valence-electron chi connectivity index (χ0n) is 14.3. The van der Waals surface area contributed by atoms with E-state index in [2.05, 4.69) is 4.99 Å². The minimum absolute atomic E-state index is 0.335. The number of hydrogen-bond donors (Lipinski definition) is 1. The summed E-state index contributed by atoms with van der Waals surface area (Å²) in [6.07, 6.45) is 0.802. The fourth-order valence-corrected chi connectivity index (χ4v) is 2.16. The predicted octanol–water partition coefficient (Wildman–Crippen LogP) is 6.19. The molecule has 2 rings (SSSR count). The molecule has 0 aliphatic carbocycles. The summed E-state index contributed by atoms with van der Waals surface area (Å²) >= 11 is 0. The summed E-state index contributed by atoms with van der Waals surface area (Å²) in [5.74, 6) is -22.5. The first-order valence-electron chi connectivity index (χ1n) is 7.41. The molecule has 0 atom stereocenters. The van der Waals surface area contributed by atoms with Crippen LogP contribution in [0, 0.1) is 58.2 Å². The lowest BCUT2D eigenvalue weighted by molar-refractivity contribution is 0.381. The maximum atomic E-state index is 13.6. The zero-order valence-corrected chi connectivity index (χ0v) is 14.3. The molecule has 2 aromatic rings. The summed E-state index contributed by atoms with van der Waals surface area (Å²) in [7, 11) is 0. The van der Waals surface area contributed by atoms with Gasteiger partial charge < -0.3 is 5.32 Å². The van der Waals surface area contributed by atoms with Gasteiger partial charge in [0, 0.05) is 11.4 Å². The molecule has 156 valence electrons.